The van der Waals surface area contributed by atoms with Crippen LogP contribution in [0.4, 0.5) is 0 Å². The van der Waals surface area contributed by atoms with Gasteiger partial charge in [-0.1, -0.05) is 6.07 Å². The number of hydrogen-bond acceptors (Lipinski definition) is 3. The highest BCUT2D eigenvalue weighted by Crippen LogP contribution is 2.47. The number of ether oxygens (including phenoxy) is 1. The van der Waals surface area contributed by atoms with Crippen molar-refractivity contribution in [1.29, 1.82) is 0 Å². The minimum Gasteiger partial charge on any atom is -0.388 e. The summed E-state index contributed by atoms with van der Waals surface area (Å²) in [6.45, 7) is 0.779. The third-order valence-electron chi connectivity index (χ3n) is 5.02. The van der Waals surface area contributed by atoms with Crippen LogP contribution >= 0.6 is 0 Å². The molecule has 1 N–H and O–H groups in total. The molecule has 0 bridgehead atoms. The van der Waals surface area contributed by atoms with Crippen LogP contribution in [0.25, 0.3) is 5.52 Å². The van der Waals surface area contributed by atoms with Gasteiger partial charge in [-0.25, -0.2) is 4.52 Å². The Labute approximate surface area is 118 Å². The maximum atomic E-state index is 10.8. The van der Waals surface area contributed by atoms with E-state index in [9.17, 15) is 5.11 Å². The second-order valence-corrected chi connectivity index (χ2v) is 6.21. The van der Waals surface area contributed by atoms with Crippen molar-refractivity contribution in [1.82, 2.24) is 9.61 Å². The molecule has 106 valence electrons. The third kappa shape index (κ3) is 1.86. The van der Waals surface area contributed by atoms with Crippen LogP contribution in [0, 0.1) is 5.92 Å². The van der Waals surface area contributed by atoms with Gasteiger partial charge >= 0.3 is 0 Å². The minimum absolute atomic E-state index is 0.0763. The van der Waals surface area contributed by atoms with Gasteiger partial charge in [0.2, 0.25) is 0 Å². The van der Waals surface area contributed by atoms with Crippen LogP contribution in [-0.2, 0) is 4.74 Å². The lowest BCUT2D eigenvalue weighted by Crippen LogP contribution is -2.46. The lowest BCUT2D eigenvalue weighted by molar-refractivity contribution is -0.157. The normalized spacial score (nSPS) is 26.6. The standard InChI is InChI=1S/C16H20N2O2/c19-15(12-5-9-20-16(10-12)6-3-7-16)13-11-17-18-8-2-1-4-14(13)18/h1-2,4,8,11-12,15,19H,3,5-7,9-10H2. The van der Waals surface area contributed by atoms with Crippen molar-refractivity contribution in [2.45, 2.75) is 43.8 Å². The van der Waals surface area contributed by atoms with E-state index < -0.39 is 6.10 Å². The summed E-state index contributed by atoms with van der Waals surface area (Å²) < 4.78 is 7.79. The highest BCUT2D eigenvalue weighted by molar-refractivity contribution is 5.54. The van der Waals surface area contributed by atoms with E-state index in [0.29, 0.717) is 0 Å². The van der Waals surface area contributed by atoms with Crippen LogP contribution in [0.3, 0.4) is 0 Å². The van der Waals surface area contributed by atoms with Gasteiger partial charge in [-0.3, -0.25) is 0 Å². The van der Waals surface area contributed by atoms with Gasteiger partial charge in [-0.05, 0) is 50.2 Å². The van der Waals surface area contributed by atoms with Gasteiger partial charge in [0.1, 0.15) is 0 Å². The summed E-state index contributed by atoms with van der Waals surface area (Å²) in [5.41, 5.74) is 2.04. The van der Waals surface area contributed by atoms with Crippen molar-refractivity contribution in [2.75, 3.05) is 6.61 Å². The van der Waals surface area contributed by atoms with Crippen molar-refractivity contribution in [2.24, 2.45) is 5.92 Å². The predicted octanol–water partition coefficient (Wildman–Crippen LogP) is 2.72. The Morgan fingerprint density at radius 1 is 1.40 bits per heavy atom. The maximum Gasteiger partial charge on any atom is 0.0856 e. The number of aliphatic hydroxyl groups is 1. The Morgan fingerprint density at radius 2 is 2.30 bits per heavy atom. The highest BCUT2D eigenvalue weighted by atomic mass is 16.5. The molecular weight excluding hydrogens is 252 g/mol. The number of fused-ring (bicyclic) bond motifs is 1. The molecule has 2 aliphatic rings. The van der Waals surface area contributed by atoms with Crippen molar-refractivity contribution in [3.05, 3.63) is 36.2 Å². The molecule has 1 spiro atoms. The molecule has 1 aliphatic carbocycles. The Kier molecular flexibility index (Phi) is 2.82. The number of rotatable bonds is 2. The number of pyridine rings is 1. The quantitative estimate of drug-likeness (QED) is 0.914. The number of aromatic nitrogens is 2. The minimum atomic E-state index is -0.434. The maximum absolute atomic E-state index is 10.8. The molecule has 0 radical (unpaired) electrons. The molecule has 0 aromatic carbocycles. The number of aliphatic hydroxyl groups excluding tert-OH is 1. The van der Waals surface area contributed by atoms with E-state index in [2.05, 4.69) is 5.10 Å². The van der Waals surface area contributed by atoms with E-state index >= 15 is 0 Å². The molecule has 4 heteroatoms. The van der Waals surface area contributed by atoms with Gasteiger partial charge in [0.05, 0.1) is 23.4 Å². The van der Waals surface area contributed by atoms with Crippen molar-refractivity contribution < 1.29 is 9.84 Å². The predicted molar refractivity (Wildman–Crippen MR) is 75.4 cm³/mol. The summed E-state index contributed by atoms with van der Waals surface area (Å²) in [6, 6.07) is 5.96. The molecule has 2 unspecified atom stereocenters. The van der Waals surface area contributed by atoms with Crippen LogP contribution in [0.2, 0.25) is 0 Å². The Balaban J connectivity index is 1.61. The second kappa shape index (κ2) is 4.57. The summed E-state index contributed by atoms with van der Waals surface area (Å²) in [6.07, 6.45) is 8.79. The van der Waals surface area contributed by atoms with Gasteiger partial charge in [0.25, 0.3) is 0 Å². The van der Waals surface area contributed by atoms with E-state index in [0.717, 1.165) is 43.4 Å². The molecule has 2 aromatic rings. The third-order valence-corrected chi connectivity index (χ3v) is 5.02. The van der Waals surface area contributed by atoms with E-state index in [4.69, 9.17) is 4.74 Å². The zero-order valence-electron chi connectivity index (χ0n) is 11.5. The van der Waals surface area contributed by atoms with Crippen LogP contribution in [0.1, 0.15) is 43.8 Å². The van der Waals surface area contributed by atoms with Crippen LogP contribution in [0.15, 0.2) is 30.6 Å². The summed E-state index contributed by atoms with van der Waals surface area (Å²) in [4.78, 5) is 0. The molecule has 1 saturated heterocycles. The Bertz CT molecular complexity index is 618. The molecule has 2 aromatic heterocycles. The lowest BCUT2D eigenvalue weighted by atomic mass is 9.70. The van der Waals surface area contributed by atoms with E-state index in [1.807, 2.05) is 35.1 Å². The fourth-order valence-corrected chi connectivity index (χ4v) is 3.69. The second-order valence-electron chi connectivity index (χ2n) is 6.21. The van der Waals surface area contributed by atoms with Gasteiger partial charge in [0.15, 0.2) is 0 Å². The average Bonchev–Trinajstić information content (AvgIpc) is 2.89. The molecule has 1 aliphatic heterocycles. The SMILES string of the molecule is OC(c1cnn2ccccc12)C1CCOC2(CCC2)C1. The van der Waals surface area contributed by atoms with Gasteiger partial charge in [-0.2, -0.15) is 5.10 Å². The molecule has 0 amide bonds. The summed E-state index contributed by atoms with van der Waals surface area (Å²) in [5, 5.41) is 15.1. The smallest absolute Gasteiger partial charge is 0.0856 e. The van der Waals surface area contributed by atoms with E-state index in [-0.39, 0.29) is 11.5 Å². The topological polar surface area (TPSA) is 46.8 Å². The van der Waals surface area contributed by atoms with Gasteiger partial charge in [0, 0.05) is 18.4 Å². The van der Waals surface area contributed by atoms with Crippen molar-refractivity contribution >= 4 is 5.52 Å². The zero-order chi connectivity index (χ0) is 13.6. The van der Waals surface area contributed by atoms with Crippen LogP contribution in [-0.4, -0.2) is 26.9 Å². The molecular formula is C16H20N2O2. The van der Waals surface area contributed by atoms with E-state index in [1.54, 1.807) is 0 Å². The summed E-state index contributed by atoms with van der Waals surface area (Å²) >= 11 is 0. The van der Waals surface area contributed by atoms with Gasteiger partial charge in [-0.15, -0.1) is 0 Å². The lowest BCUT2D eigenvalue weighted by Gasteiger charge is -2.48. The number of hydrogen-bond donors (Lipinski definition) is 1. The molecule has 2 fully saturated rings. The molecule has 1 saturated carbocycles. The van der Waals surface area contributed by atoms with Gasteiger partial charge < -0.3 is 9.84 Å². The first-order valence-electron chi connectivity index (χ1n) is 7.52. The fourth-order valence-electron chi connectivity index (χ4n) is 3.69. The summed E-state index contributed by atoms with van der Waals surface area (Å²) in [5.74, 6) is 0.289. The van der Waals surface area contributed by atoms with Crippen molar-refractivity contribution in [3.8, 4) is 0 Å². The number of nitrogens with zero attached hydrogens (tertiary/aromatic N) is 2. The van der Waals surface area contributed by atoms with Crippen LogP contribution in [0.5, 0.6) is 0 Å². The first kappa shape index (κ1) is 12.4. The summed E-state index contributed by atoms with van der Waals surface area (Å²) in [7, 11) is 0. The first-order chi connectivity index (χ1) is 9.77. The molecule has 4 nitrogen and oxygen atoms in total. The van der Waals surface area contributed by atoms with Crippen LogP contribution < -0.4 is 0 Å². The van der Waals surface area contributed by atoms with E-state index in [1.165, 1.54) is 6.42 Å². The average molecular weight is 272 g/mol. The zero-order valence-corrected chi connectivity index (χ0v) is 11.5. The first-order valence-corrected chi connectivity index (χ1v) is 7.52. The molecule has 2 atom stereocenters. The Hall–Kier alpha value is -1.39. The highest BCUT2D eigenvalue weighted by Gasteiger charge is 2.44. The monoisotopic (exact) mass is 272 g/mol. The van der Waals surface area contributed by atoms with Crippen molar-refractivity contribution in [3.63, 3.8) is 0 Å². The molecule has 3 heterocycles. The largest absolute Gasteiger partial charge is 0.388 e. The molecule has 20 heavy (non-hydrogen) atoms. The molecule has 4 rings (SSSR count). The Morgan fingerprint density at radius 3 is 3.10 bits per heavy atom. The fraction of sp³-hybridized carbons (Fsp3) is 0.562.